The van der Waals surface area contributed by atoms with Crippen LogP contribution in [0.25, 0.3) is 0 Å². The molecule has 6 heteroatoms. The van der Waals surface area contributed by atoms with Crippen LogP contribution in [-0.4, -0.2) is 28.5 Å². The molecule has 0 saturated carbocycles. The standard InChI is InChI=1S/C19H15FO4S/c20-14-3-1-2-13(9-14)17(22)11-24-15-6-4-12(5-7-15)8-18-16(21)10-19(23)25-18/h1-7,9,18H,8,10-11H2. The van der Waals surface area contributed by atoms with E-state index in [0.29, 0.717) is 12.2 Å². The third-order valence-corrected chi connectivity index (χ3v) is 4.93. The summed E-state index contributed by atoms with van der Waals surface area (Å²) in [5.41, 5.74) is 1.18. The summed E-state index contributed by atoms with van der Waals surface area (Å²) < 4.78 is 18.5. The van der Waals surface area contributed by atoms with Crippen LogP contribution >= 0.6 is 11.8 Å². The van der Waals surface area contributed by atoms with Crippen molar-refractivity contribution >= 4 is 28.4 Å². The molecule has 128 valence electrons. The first-order chi connectivity index (χ1) is 12.0. The molecular formula is C19H15FO4S. The highest BCUT2D eigenvalue weighted by molar-refractivity contribution is 8.15. The van der Waals surface area contributed by atoms with E-state index in [2.05, 4.69) is 0 Å². The number of ketones is 2. The van der Waals surface area contributed by atoms with Crippen LogP contribution in [0.15, 0.2) is 48.5 Å². The molecule has 1 atom stereocenters. The second kappa shape index (κ2) is 7.61. The van der Waals surface area contributed by atoms with E-state index >= 15 is 0 Å². The molecule has 0 aromatic heterocycles. The molecule has 1 heterocycles. The Hall–Kier alpha value is -2.47. The van der Waals surface area contributed by atoms with Gasteiger partial charge < -0.3 is 4.74 Å². The predicted octanol–water partition coefficient (Wildman–Crippen LogP) is 3.23. The van der Waals surface area contributed by atoms with Crippen molar-refractivity contribution in [2.75, 3.05) is 6.61 Å². The summed E-state index contributed by atoms with van der Waals surface area (Å²) >= 11 is 1.09. The fourth-order valence-electron chi connectivity index (χ4n) is 2.51. The number of carbonyl (C=O) groups is 3. The zero-order valence-corrected chi connectivity index (χ0v) is 14.1. The van der Waals surface area contributed by atoms with Gasteiger partial charge in [0.2, 0.25) is 0 Å². The summed E-state index contributed by atoms with van der Waals surface area (Å²) in [5, 5.41) is -0.389. The first-order valence-electron chi connectivity index (χ1n) is 7.74. The number of benzene rings is 2. The fourth-order valence-corrected chi connectivity index (χ4v) is 3.54. The van der Waals surface area contributed by atoms with Crippen LogP contribution < -0.4 is 4.74 Å². The minimum Gasteiger partial charge on any atom is -0.485 e. The number of hydrogen-bond donors (Lipinski definition) is 0. The summed E-state index contributed by atoms with van der Waals surface area (Å²) in [6.07, 6.45) is 0.510. The van der Waals surface area contributed by atoms with Gasteiger partial charge in [-0.05, 0) is 36.2 Å². The molecule has 1 saturated heterocycles. The molecule has 1 fully saturated rings. The van der Waals surface area contributed by atoms with Gasteiger partial charge >= 0.3 is 0 Å². The Morgan fingerprint density at radius 1 is 1.16 bits per heavy atom. The molecule has 0 radical (unpaired) electrons. The quantitative estimate of drug-likeness (QED) is 0.586. The van der Waals surface area contributed by atoms with Crippen molar-refractivity contribution in [3.63, 3.8) is 0 Å². The Balaban J connectivity index is 1.55. The Morgan fingerprint density at radius 3 is 2.56 bits per heavy atom. The van der Waals surface area contributed by atoms with E-state index in [0.717, 1.165) is 17.3 Å². The summed E-state index contributed by atoms with van der Waals surface area (Å²) in [6, 6.07) is 12.5. The van der Waals surface area contributed by atoms with E-state index < -0.39 is 5.82 Å². The van der Waals surface area contributed by atoms with Crippen LogP contribution in [0, 0.1) is 5.82 Å². The Morgan fingerprint density at radius 2 is 1.92 bits per heavy atom. The van der Waals surface area contributed by atoms with Crippen molar-refractivity contribution in [1.29, 1.82) is 0 Å². The van der Waals surface area contributed by atoms with Gasteiger partial charge in [0.1, 0.15) is 11.6 Å². The van der Waals surface area contributed by atoms with Crippen LogP contribution in [0.1, 0.15) is 22.3 Å². The van der Waals surface area contributed by atoms with Gasteiger partial charge in [-0.15, -0.1) is 0 Å². The van der Waals surface area contributed by atoms with Crippen molar-refractivity contribution in [1.82, 2.24) is 0 Å². The van der Waals surface area contributed by atoms with Gasteiger partial charge in [0.05, 0.1) is 11.7 Å². The SMILES string of the molecule is O=C1CC(=O)C(Cc2ccc(OCC(=O)c3cccc(F)c3)cc2)S1. The molecule has 0 N–H and O–H groups in total. The highest BCUT2D eigenvalue weighted by Crippen LogP contribution is 2.28. The van der Waals surface area contributed by atoms with Crippen molar-refractivity contribution in [3.8, 4) is 5.75 Å². The van der Waals surface area contributed by atoms with Gasteiger partial charge in [0.25, 0.3) is 0 Å². The van der Waals surface area contributed by atoms with Crippen molar-refractivity contribution in [2.24, 2.45) is 0 Å². The van der Waals surface area contributed by atoms with Crippen LogP contribution in [0.4, 0.5) is 4.39 Å². The molecule has 1 aliphatic heterocycles. The smallest absolute Gasteiger partial charge is 0.200 e. The monoisotopic (exact) mass is 358 g/mol. The summed E-state index contributed by atoms with van der Waals surface area (Å²) in [7, 11) is 0. The van der Waals surface area contributed by atoms with E-state index in [9.17, 15) is 18.8 Å². The molecule has 0 amide bonds. The van der Waals surface area contributed by atoms with Gasteiger partial charge in [-0.3, -0.25) is 14.4 Å². The van der Waals surface area contributed by atoms with Crippen molar-refractivity contribution in [3.05, 3.63) is 65.5 Å². The average Bonchev–Trinajstić information content (AvgIpc) is 2.91. The lowest BCUT2D eigenvalue weighted by atomic mass is 10.1. The maximum absolute atomic E-state index is 13.1. The third-order valence-electron chi connectivity index (χ3n) is 3.81. The normalized spacial score (nSPS) is 16.9. The molecule has 0 bridgehead atoms. The summed E-state index contributed by atoms with van der Waals surface area (Å²) in [6.45, 7) is -0.186. The lowest BCUT2D eigenvalue weighted by Crippen LogP contribution is -2.13. The van der Waals surface area contributed by atoms with E-state index in [1.807, 2.05) is 0 Å². The molecule has 1 unspecified atom stereocenters. The van der Waals surface area contributed by atoms with Gasteiger partial charge in [-0.2, -0.15) is 0 Å². The lowest BCUT2D eigenvalue weighted by Gasteiger charge is -2.09. The Bertz CT molecular complexity index is 816. The molecule has 3 rings (SSSR count). The number of ether oxygens (including phenoxy) is 1. The van der Waals surface area contributed by atoms with Gasteiger partial charge in [-0.25, -0.2) is 4.39 Å². The van der Waals surface area contributed by atoms with E-state index in [-0.39, 0.29) is 40.5 Å². The molecule has 1 aliphatic rings. The third kappa shape index (κ3) is 4.54. The topological polar surface area (TPSA) is 60.4 Å². The fraction of sp³-hybridized carbons (Fsp3) is 0.211. The predicted molar refractivity (Wildman–Crippen MR) is 92.4 cm³/mol. The molecule has 2 aromatic carbocycles. The maximum Gasteiger partial charge on any atom is 0.200 e. The highest BCUT2D eigenvalue weighted by Gasteiger charge is 2.31. The van der Waals surface area contributed by atoms with Crippen LogP contribution in [0.5, 0.6) is 5.75 Å². The first kappa shape index (κ1) is 17.4. The van der Waals surface area contributed by atoms with Crippen LogP contribution in [0.3, 0.4) is 0 Å². The van der Waals surface area contributed by atoms with Crippen molar-refractivity contribution in [2.45, 2.75) is 18.1 Å². The van der Waals surface area contributed by atoms with Gasteiger partial charge in [0, 0.05) is 5.56 Å². The van der Waals surface area contributed by atoms with Crippen LogP contribution in [0.2, 0.25) is 0 Å². The molecular weight excluding hydrogens is 343 g/mol. The highest BCUT2D eigenvalue weighted by atomic mass is 32.2. The Labute approximate surface area is 148 Å². The molecule has 4 nitrogen and oxygen atoms in total. The van der Waals surface area contributed by atoms with Gasteiger partial charge in [0.15, 0.2) is 23.3 Å². The van der Waals surface area contributed by atoms with E-state index in [1.54, 1.807) is 24.3 Å². The number of carbonyl (C=O) groups excluding carboxylic acids is 3. The first-order valence-corrected chi connectivity index (χ1v) is 8.62. The maximum atomic E-state index is 13.1. The number of thioether (sulfide) groups is 1. The molecule has 0 spiro atoms. The average molecular weight is 358 g/mol. The lowest BCUT2D eigenvalue weighted by molar-refractivity contribution is -0.121. The minimum absolute atomic E-state index is 0.0126. The molecule has 2 aromatic rings. The van der Waals surface area contributed by atoms with Gasteiger partial charge in [-0.1, -0.05) is 36.0 Å². The Kier molecular flexibility index (Phi) is 5.28. The number of rotatable bonds is 6. The van der Waals surface area contributed by atoms with Crippen molar-refractivity contribution < 1.29 is 23.5 Å². The second-order valence-electron chi connectivity index (χ2n) is 5.69. The molecule has 0 aliphatic carbocycles. The largest absolute Gasteiger partial charge is 0.485 e. The zero-order valence-electron chi connectivity index (χ0n) is 13.2. The second-order valence-corrected chi connectivity index (χ2v) is 6.95. The number of halogens is 1. The van der Waals surface area contributed by atoms with Crippen LogP contribution in [-0.2, 0) is 16.0 Å². The summed E-state index contributed by atoms with van der Waals surface area (Å²) in [5.74, 6) is -0.297. The number of Topliss-reactive ketones (excluding diaryl/α,β-unsaturated/α-hetero) is 2. The van der Waals surface area contributed by atoms with E-state index in [1.165, 1.54) is 24.3 Å². The number of hydrogen-bond acceptors (Lipinski definition) is 5. The van der Waals surface area contributed by atoms with E-state index in [4.69, 9.17) is 4.74 Å². The zero-order chi connectivity index (χ0) is 17.8. The minimum atomic E-state index is -0.465. The summed E-state index contributed by atoms with van der Waals surface area (Å²) in [4.78, 5) is 34.9. The molecule has 25 heavy (non-hydrogen) atoms.